The van der Waals surface area contributed by atoms with Crippen LogP contribution < -0.4 is 15.6 Å². The first-order valence-electron chi connectivity index (χ1n) is 6.57. The van der Waals surface area contributed by atoms with E-state index < -0.39 is 33.8 Å². The molecule has 0 aliphatic carbocycles. The Morgan fingerprint density at radius 2 is 2.04 bits per heavy atom. The minimum Gasteiger partial charge on any atom is -0.872 e. The van der Waals surface area contributed by atoms with Crippen molar-refractivity contribution in [2.24, 2.45) is 5.10 Å². The van der Waals surface area contributed by atoms with E-state index in [4.69, 9.17) is 9.47 Å². The van der Waals surface area contributed by atoms with Crippen molar-refractivity contribution in [2.75, 3.05) is 13.2 Å². The summed E-state index contributed by atoms with van der Waals surface area (Å²) in [5.41, 5.74) is 1.24. The number of rotatable bonds is 5. The van der Waals surface area contributed by atoms with Crippen LogP contribution in [0.25, 0.3) is 0 Å². The molecule has 0 radical (unpaired) electrons. The van der Waals surface area contributed by atoms with E-state index in [1.807, 2.05) is 0 Å². The molecule has 2 rings (SSSR count). The lowest BCUT2D eigenvalue weighted by Crippen LogP contribution is -2.33. The van der Waals surface area contributed by atoms with Crippen LogP contribution in [0, 0.1) is 10.1 Å². The first-order chi connectivity index (χ1) is 10.8. The third-order valence-electron chi connectivity index (χ3n) is 3.06. The van der Waals surface area contributed by atoms with Gasteiger partial charge in [-0.15, -0.1) is 5.75 Å². The normalized spacial score (nSPS) is 16.6. The summed E-state index contributed by atoms with van der Waals surface area (Å²) in [7, 11) is 0. The number of carbonyl (C=O) groups is 1. The van der Waals surface area contributed by atoms with Gasteiger partial charge in [0.05, 0.1) is 30.8 Å². The summed E-state index contributed by atoms with van der Waals surface area (Å²) in [5, 5.41) is 37.0. The van der Waals surface area contributed by atoms with Gasteiger partial charge in [0, 0.05) is 6.07 Å². The van der Waals surface area contributed by atoms with Crippen LogP contribution in [0.5, 0.6) is 11.5 Å². The predicted octanol–water partition coefficient (Wildman–Crippen LogP) is -0.655. The van der Waals surface area contributed by atoms with Gasteiger partial charge in [-0.2, -0.15) is 5.10 Å². The fourth-order valence-corrected chi connectivity index (χ4v) is 1.97. The molecular weight excluding hydrogens is 310 g/mol. The molecular formula is C13H13N3O7-2. The molecule has 0 atom stereocenters. The van der Waals surface area contributed by atoms with E-state index in [9.17, 15) is 25.1 Å². The Labute approximate surface area is 130 Å². The summed E-state index contributed by atoms with van der Waals surface area (Å²) in [5.74, 6) is -3.25. The van der Waals surface area contributed by atoms with Gasteiger partial charge in [-0.05, 0) is 18.2 Å². The zero-order valence-electron chi connectivity index (χ0n) is 12.1. The summed E-state index contributed by atoms with van der Waals surface area (Å²) >= 11 is 0. The van der Waals surface area contributed by atoms with E-state index in [0.29, 0.717) is 19.3 Å². The number of nitrogens with one attached hydrogen (secondary N) is 1. The molecule has 10 heteroatoms. The van der Waals surface area contributed by atoms with Crippen LogP contribution in [0.15, 0.2) is 17.2 Å². The van der Waals surface area contributed by atoms with Crippen LogP contribution in [0.1, 0.15) is 18.9 Å². The van der Waals surface area contributed by atoms with E-state index in [-0.39, 0.29) is 12.0 Å². The smallest absolute Gasteiger partial charge is 0.262 e. The quantitative estimate of drug-likeness (QED) is 0.429. The second-order valence-electron chi connectivity index (χ2n) is 4.92. The van der Waals surface area contributed by atoms with E-state index >= 15 is 0 Å². The molecule has 1 aromatic rings. The van der Waals surface area contributed by atoms with Crippen LogP contribution in [0.4, 0.5) is 5.69 Å². The maximum absolute atomic E-state index is 11.7. The summed E-state index contributed by atoms with van der Waals surface area (Å²) in [4.78, 5) is 21.4. The molecule has 1 aliphatic heterocycles. The Morgan fingerprint density at radius 1 is 1.39 bits per heavy atom. The first kappa shape index (κ1) is 16.6. The molecule has 1 saturated heterocycles. The molecule has 0 aromatic heterocycles. The maximum atomic E-state index is 11.7. The summed E-state index contributed by atoms with van der Waals surface area (Å²) < 4.78 is 10.5. The zero-order valence-corrected chi connectivity index (χ0v) is 12.1. The number of amides is 1. The van der Waals surface area contributed by atoms with Crippen molar-refractivity contribution in [3.05, 3.63) is 27.8 Å². The summed E-state index contributed by atoms with van der Waals surface area (Å²) in [6.45, 7) is 2.38. The number of hydrogen-bond acceptors (Lipinski definition) is 8. The highest BCUT2D eigenvalue weighted by atomic mass is 16.7. The molecule has 124 valence electrons. The molecule has 1 N–H and O–H groups in total. The highest BCUT2D eigenvalue weighted by Crippen LogP contribution is 2.28. The maximum Gasteiger partial charge on any atom is 0.262 e. The third-order valence-corrected chi connectivity index (χ3v) is 3.06. The number of ether oxygens (including phenoxy) is 2. The largest absolute Gasteiger partial charge is 0.872 e. The first-order valence-corrected chi connectivity index (χ1v) is 6.57. The SMILES string of the molecule is CC1(CC(=O)N/N=C\c2cc([N+](=O)[O-])c([O-])cc2[O-])OCCO1. The Bertz CT molecular complexity index is 653. The second kappa shape index (κ2) is 6.58. The molecule has 0 unspecified atom stereocenters. The van der Waals surface area contributed by atoms with Crippen molar-refractivity contribution in [1.29, 1.82) is 0 Å². The molecule has 0 saturated carbocycles. The van der Waals surface area contributed by atoms with Crippen molar-refractivity contribution >= 4 is 17.8 Å². The fraction of sp³-hybridized carbons (Fsp3) is 0.385. The van der Waals surface area contributed by atoms with Crippen LogP contribution in [-0.4, -0.2) is 36.0 Å². The highest BCUT2D eigenvalue weighted by molar-refractivity contribution is 5.86. The Balaban J connectivity index is 2.01. The number of nitro groups is 1. The van der Waals surface area contributed by atoms with E-state index in [2.05, 4.69) is 10.5 Å². The molecule has 10 nitrogen and oxygen atoms in total. The predicted molar refractivity (Wildman–Crippen MR) is 72.7 cm³/mol. The second-order valence-corrected chi connectivity index (χ2v) is 4.92. The molecule has 1 heterocycles. The minimum absolute atomic E-state index is 0.103. The Kier molecular flexibility index (Phi) is 4.77. The van der Waals surface area contributed by atoms with Crippen molar-refractivity contribution < 1.29 is 29.4 Å². The lowest BCUT2D eigenvalue weighted by molar-refractivity contribution is -0.398. The summed E-state index contributed by atoms with van der Waals surface area (Å²) in [6, 6.07) is 1.41. The van der Waals surface area contributed by atoms with E-state index in [1.54, 1.807) is 6.92 Å². The van der Waals surface area contributed by atoms with Gasteiger partial charge in [0.1, 0.15) is 0 Å². The number of nitrogens with zero attached hydrogens (tertiary/aromatic N) is 2. The van der Waals surface area contributed by atoms with Gasteiger partial charge in [0.2, 0.25) is 5.91 Å². The van der Waals surface area contributed by atoms with Crippen molar-refractivity contribution in [3.8, 4) is 11.5 Å². The molecule has 0 bridgehead atoms. The van der Waals surface area contributed by atoms with Crippen LogP contribution in [-0.2, 0) is 14.3 Å². The van der Waals surface area contributed by atoms with Gasteiger partial charge in [0.15, 0.2) is 5.79 Å². The molecule has 1 fully saturated rings. The molecule has 1 amide bonds. The van der Waals surface area contributed by atoms with Crippen LogP contribution in [0.3, 0.4) is 0 Å². The Morgan fingerprint density at radius 3 is 2.65 bits per heavy atom. The topological polar surface area (TPSA) is 149 Å². The van der Waals surface area contributed by atoms with Crippen molar-refractivity contribution in [1.82, 2.24) is 5.43 Å². The van der Waals surface area contributed by atoms with Gasteiger partial charge in [-0.3, -0.25) is 14.9 Å². The average molecular weight is 323 g/mol. The number of carbonyl (C=O) groups excluding carboxylic acids is 1. The third kappa shape index (κ3) is 4.14. The van der Waals surface area contributed by atoms with E-state index in [1.165, 1.54) is 0 Å². The molecule has 1 aromatic carbocycles. The van der Waals surface area contributed by atoms with Gasteiger partial charge >= 0.3 is 0 Å². The number of benzene rings is 1. The van der Waals surface area contributed by atoms with Gasteiger partial charge in [0.25, 0.3) is 5.69 Å². The van der Waals surface area contributed by atoms with Gasteiger partial charge < -0.3 is 19.7 Å². The van der Waals surface area contributed by atoms with Crippen molar-refractivity contribution in [3.63, 3.8) is 0 Å². The minimum atomic E-state index is -1.02. The Hall–Kier alpha value is -2.72. The fourth-order valence-electron chi connectivity index (χ4n) is 1.97. The molecule has 23 heavy (non-hydrogen) atoms. The average Bonchev–Trinajstić information content (AvgIpc) is 2.87. The van der Waals surface area contributed by atoms with Crippen molar-refractivity contribution in [2.45, 2.75) is 19.1 Å². The van der Waals surface area contributed by atoms with Gasteiger partial charge in [-0.25, -0.2) is 5.43 Å². The molecule has 0 spiro atoms. The lowest BCUT2D eigenvalue weighted by Gasteiger charge is -2.20. The molecule has 1 aliphatic rings. The van der Waals surface area contributed by atoms with Gasteiger partial charge in [-0.1, -0.05) is 6.07 Å². The van der Waals surface area contributed by atoms with E-state index in [0.717, 1.165) is 12.3 Å². The number of hydrogen-bond donors (Lipinski definition) is 1. The summed E-state index contributed by atoms with van der Waals surface area (Å²) in [6.07, 6.45) is 0.833. The monoisotopic (exact) mass is 323 g/mol. The zero-order chi connectivity index (χ0) is 17.0. The standard InChI is InChI=1S/C13H15N3O7/c1-13(22-2-3-23-13)6-12(19)15-14-7-8-4-9(16(20)21)11(18)5-10(8)17/h4-5,7,17-18H,2-3,6H2,1H3,(H,15,19)/p-2/b14-7-. The van der Waals surface area contributed by atoms with Crippen LogP contribution in [0.2, 0.25) is 0 Å². The number of nitro benzene ring substituents is 1. The highest BCUT2D eigenvalue weighted by Gasteiger charge is 2.33. The van der Waals surface area contributed by atoms with Crippen LogP contribution >= 0.6 is 0 Å². The number of hydrazone groups is 1. The lowest BCUT2D eigenvalue weighted by atomic mass is 10.2.